The molecule has 2 aliphatic heterocycles. The summed E-state index contributed by atoms with van der Waals surface area (Å²) < 4.78 is 0. The van der Waals surface area contributed by atoms with Crippen molar-refractivity contribution in [2.75, 3.05) is 32.7 Å². The molecule has 0 bridgehead atoms. The number of Topliss-reactive ketones (excluding diaryl/α,β-unsaturated/α-hetero) is 1. The zero-order valence-electron chi connectivity index (χ0n) is 10.5. The molecule has 2 rings (SSSR count). The van der Waals surface area contributed by atoms with Crippen molar-refractivity contribution in [2.24, 2.45) is 0 Å². The van der Waals surface area contributed by atoms with Crippen molar-refractivity contribution in [2.45, 2.75) is 45.1 Å². The van der Waals surface area contributed by atoms with Gasteiger partial charge >= 0.3 is 0 Å². The molecule has 0 atom stereocenters. The molecule has 16 heavy (non-hydrogen) atoms. The average Bonchev–Trinajstić information content (AvgIpc) is 2.30. The zero-order chi connectivity index (χ0) is 11.4. The number of carbonyl (C=O) groups is 1. The third-order valence-corrected chi connectivity index (χ3v) is 3.91. The molecule has 2 fully saturated rings. The van der Waals surface area contributed by atoms with Crippen LogP contribution in [-0.2, 0) is 4.79 Å². The van der Waals surface area contributed by atoms with E-state index in [1.165, 1.54) is 45.2 Å². The summed E-state index contributed by atoms with van der Waals surface area (Å²) in [6.45, 7) is 7.18. The van der Waals surface area contributed by atoms with Crippen LogP contribution in [0.25, 0.3) is 0 Å². The van der Waals surface area contributed by atoms with Gasteiger partial charge in [0, 0.05) is 19.1 Å². The van der Waals surface area contributed by atoms with Crippen LogP contribution in [0.5, 0.6) is 0 Å². The topological polar surface area (TPSA) is 23.6 Å². The second-order valence-electron chi connectivity index (χ2n) is 5.31. The first kappa shape index (κ1) is 12.1. The van der Waals surface area contributed by atoms with Crippen molar-refractivity contribution >= 4 is 5.78 Å². The predicted octanol–water partition coefficient (Wildman–Crippen LogP) is 1.53. The second kappa shape index (κ2) is 5.78. The van der Waals surface area contributed by atoms with Gasteiger partial charge in [-0.25, -0.2) is 0 Å². The summed E-state index contributed by atoms with van der Waals surface area (Å²) >= 11 is 0. The van der Waals surface area contributed by atoms with Gasteiger partial charge in [0.05, 0.1) is 6.54 Å². The molecule has 0 saturated carbocycles. The lowest BCUT2D eigenvalue weighted by Gasteiger charge is -2.40. The van der Waals surface area contributed by atoms with E-state index in [1.807, 2.05) is 0 Å². The maximum Gasteiger partial charge on any atom is 0.143 e. The van der Waals surface area contributed by atoms with Crippen LogP contribution in [0, 0.1) is 0 Å². The molecule has 0 spiro atoms. The maximum absolute atomic E-state index is 11.0. The van der Waals surface area contributed by atoms with Gasteiger partial charge in [-0.15, -0.1) is 0 Å². The number of carbonyl (C=O) groups excluding carboxylic acids is 1. The Morgan fingerprint density at radius 3 is 2.25 bits per heavy atom. The molecule has 2 aliphatic rings. The van der Waals surface area contributed by atoms with Gasteiger partial charge < -0.3 is 4.90 Å². The SMILES string of the molecule is CC(=O)CN1CCC(N2CCCCC2)CC1. The highest BCUT2D eigenvalue weighted by Gasteiger charge is 2.25. The predicted molar refractivity (Wildman–Crippen MR) is 65.6 cm³/mol. The van der Waals surface area contributed by atoms with Crippen molar-refractivity contribution in [1.82, 2.24) is 9.80 Å². The maximum atomic E-state index is 11.0. The van der Waals surface area contributed by atoms with Crippen molar-refractivity contribution in [1.29, 1.82) is 0 Å². The lowest BCUT2D eigenvalue weighted by molar-refractivity contribution is -0.118. The monoisotopic (exact) mass is 224 g/mol. The number of piperidine rings is 2. The standard InChI is InChI=1S/C13H24N2O/c1-12(16)11-14-9-5-13(6-10-14)15-7-3-2-4-8-15/h13H,2-11H2,1H3. The third kappa shape index (κ3) is 3.29. The Kier molecular flexibility index (Phi) is 4.36. The van der Waals surface area contributed by atoms with Gasteiger partial charge in [0.2, 0.25) is 0 Å². The molecule has 92 valence electrons. The van der Waals surface area contributed by atoms with Gasteiger partial charge in [-0.2, -0.15) is 0 Å². The van der Waals surface area contributed by atoms with Crippen LogP contribution in [-0.4, -0.2) is 54.3 Å². The molecule has 0 N–H and O–H groups in total. The van der Waals surface area contributed by atoms with Crippen LogP contribution in [0.15, 0.2) is 0 Å². The summed E-state index contributed by atoms with van der Waals surface area (Å²) in [5, 5.41) is 0. The van der Waals surface area contributed by atoms with E-state index in [-0.39, 0.29) is 0 Å². The van der Waals surface area contributed by atoms with E-state index in [0.717, 1.165) is 19.1 Å². The minimum Gasteiger partial charge on any atom is -0.300 e. The fourth-order valence-electron chi connectivity index (χ4n) is 3.04. The summed E-state index contributed by atoms with van der Waals surface area (Å²) in [6.07, 6.45) is 6.70. The quantitative estimate of drug-likeness (QED) is 0.726. The van der Waals surface area contributed by atoms with Crippen molar-refractivity contribution in [3.8, 4) is 0 Å². The molecular weight excluding hydrogens is 200 g/mol. The highest BCUT2D eigenvalue weighted by Crippen LogP contribution is 2.20. The Labute approximate surface area is 98.8 Å². The third-order valence-electron chi connectivity index (χ3n) is 3.91. The summed E-state index contributed by atoms with van der Waals surface area (Å²) in [7, 11) is 0. The van der Waals surface area contributed by atoms with E-state index < -0.39 is 0 Å². The summed E-state index contributed by atoms with van der Waals surface area (Å²) in [5.41, 5.74) is 0. The van der Waals surface area contributed by atoms with Crippen LogP contribution in [0.3, 0.4) is 0 Å². The number of hydrogen-bond acceptors (Lipinski definition) is 3. The molecule has 0 amide bonds. The molecule has 0 aromatic heterocycles. The van der Waals surface area contributed by atoms with E-state index in [9.17, 15) is 4.79 Å². The van der Waals surface area contributed by atoms with Crippen LogP contribution in [0.1, 0.15) is 39.0 Å². The van der Waals surface area contributed by atoms with E-state index in [1.54, 1.807) is 6.92 Å². The fraction of sp³-hybridized carbons (Fsp3) is 0.923. The lowest BCUT2D eigenvalue weighted by Crippen LogP contribution is -2.47. The lowest BCUT2D eigenvalue weighted by atomic mass is 10.00. The summed E-state index contributed by atoms with van der Waals surface area (Å²) in [4.78, 5) is 16.0. The first-order chi connectivity index (χ1) is 7.75. The van der Waals surface area contributed by atoms with Crippen LogP contribution >= 0.6 is 0 Å². The number of likely N-dealkylation sites (tertiary alicyclic amines) is 2. The Morgan fingerprint density at radius 1 is 1.06 bits per heavy atom. The number of nitrogens with zero attached hydrogens (tertiary/aromatic N) is 2. The molecule has 3 nitrogen and oxygen atoms in total. The Morgan fingerprint density at radius 2 is 1.69 bits per heavy atom. The van der Waals surface area contributed by atoms with Crippen LogP contribution < -0.4 is 0 Å². The molecule has 3 heteroatoms. The van der Waals surface area contributed by atoms with Gasteiger partial charge in [0.1, 0.15) is 5.78 Å². The largest absolute Gasteiger partial charge is 0.300 e. The highest BCUT2D eigenvalue weighted by atomic mass is 16.1. The molecule has 0 radical (unpaired) electrons. The van der Waals surface area contributed by atoms with Gasteiger partial charge in [0.25, 0.3) is 0 Å². The van der Waals surface area contributed by atoms with E-state index >= 15 is 0 Å². The van der Waals surface area contributed by atoms with Gasteiger partial charge in [0.15, 0.2) is 0 Å². The molecule has 0 aliphatic carbocycles. The Hall–Kier alpha value is -0.410. The molecule has 0 unspecified atom stereocenters. The number of rotatable bonds is 3. The molecular formula is C13H24N2O. The molecule has 2 saturated heterocycles. The minimum atomic E-state index is 0.302. The van der Waals surface area contributed by atoms with Gasteiger partial charge in [-0.3, -0.25) is 9.69 Å². The van der Waals surface area contributed by atoms with Crippen molar-refractivity contribution in [3.63, 3.8) is 0 Å². The zero-order valence-corrected chi connectivity index (χ0v) is 10.5. The van der Waals surface area contributed by atoms with Crippen LogP contribution in [0.2, 0.25) is 0 Å². The smallest absolute Gasteiger partial charge is 0.143 e. The number of ketones is 1. The normalized spacial score (nSPS) is 25.8. The minimum absolute atomic E-state index is 0.302. The summed E-state index contributed by atoms with van der Waals surface area (Å²) in [5.74, 6) is 0.302. The van der Waals surface area contributed by atoms with E-state index in [2.05, 4.69) is 9.80 Å². The first-order valence-corrected chi connectivity index (χ1v) is 6.71. The van der Waals surface area contributed by atoms with Crippen molar-refractivity contribution in [3.05, 3.63) is 0 Å². The second-order valence-corrected chi connectivity index (χ2v) is 5.31. The molecule has 2 heterocycles. The number of hydrogen-bond donors (Lipinski definition) is 0. The Bertz CT molecular complexity index is 228. The van der Waals surface area contributed by atoms with Gasteiger partial charge in [-0.05, 0) is 45.7 Å². The van der Waals surface area contributed by atoms with E-state index in [4.69, 9.17) is 0 Å². The van der Waals surface area contributed by atoms with E-state index in [0.29, 0.717) is 12.3 Å². The van der Waals surface area contributed by atoms with Gasteiger partial charge in [-0.1, -0.05) is 6.42 Å². The molecule has 0 aromatic rings. The van der Waals surface area contributed by atoms with Crippen LogP contribution in [0.4, 0.5) is 0 Å². The fourth-order valence-corrected chi connectivity index (χ4v) is 3.04. The first-order valence-electron chi connectivity index (χ1n) is 6.71. The Balaban J connectivity index is 1.73. The molecule has 0 aromatic carbocycles. The highest BCUT2D eigenvalue weighted by molar-refractivity contribution is 5.77. The van der Waals surface area contributed by atoms with Crippen molar-refractivity contribution < 1.29 is 4.79 Å². The average molecular weight is 224 g/mol. The summed E-state index contributed by atoms with van der Waals surface area (Å²) in [6, 6.07) is 0.795.